The maximum atomic E-state index is 5.66. The number of hydrogen-bond donors (Lipinski definition) is 1. The van der Waals surface area contributed by atoms with Crippen molar-refractivity contribution in [2.75, 3.05) is 32.0 Å². The zero-order valence-electron chi connectivity index (χ0n) is 10.5. The molecule has 2 heterocycles. The van der Waals surface area contributed by atoms with Crippen LogP contribution in [-0.2, 0) is 11.3 Å². The molecule has 1 atom stereocenters. The van der Waals surface area contributed by atoms with Gasteiger partial charge in [0.25, 0.3) is 0 Å². The van der Waals surface area contributed by atoms with E-state index < -0.39 is 0 Å². The molecule has 1 aromatic heterocycles. The topological polar surface area (TPSA) is 56.3 Å². The van der Waals surface area contributed by atoms with Crippen LogP contribution in [0.3, 0.4) is 0 Å². The minimum absolute atomic E-state index is 0.428. The van der Waals surface area contributed by atoms with Crippen LogP contribution >= 0.6 is 0 Å². The van der Waals surface area contributed by atoms with E-state index in [1.165, 1.54) is 12.8 Å². The van der Waals surface area contributed by atoms with Gasteiger partial charge in [-0.25, -0.2) is 0 Å². The predicted molar refractivity (Wildman–Crippen MR) is 67.7 cm³/mol. The van der Waals surface area contributed by atoms with Crippen LogP contribution in [0.15, 0.2) is 12.3 Å². The first-order valence-corrected chi connectivity index (χ1v) is 6.41. The molecule has 1 fully saturated rings. The Bertz CT molecular complexity index is 333. The van der Waals surface area contributed by atoms with Crippen LogP contribution in [0.4, 0.5) is 5.82 Å². The minimum Gasteiger partial charge on any atom is -0.382 e. The molecule has 0 saturated carbocycles. The molecule has 2 rings (SSSR count). The highest BCUT2D eigenvalue weighted by Crippen LogP contribution is 2.13. The van der Waals surface area contributed by atoms with Gasteiger partial charge in [0.15, 0.2) is 0 Å². The Morgan fingerprint density at radius 3 is 3.12 bits per heavy atom. The molecule has 1 aliphatic heterocycles. The fraction of sp³-hybridized carbons (Fsp3) is 0.750. The van der Waals surface area contributed by atoms with Gasteiger partial charge in [-0.3, -0.25) is 9.58 Å². The van der Waals surface area contributed by atoms with E-state index in [2.05, 4.69) is 16.9 Å². The normalized spacial score (nSPS) is 20.2. The van der Waals surface area contributed by atoms with E-state index in [0.717, 1.165) is 32.8 Å². The lowest BCUT2D eigenvalue weighted by Crippen LogP contribution is -2.34. The third-order valence-corrected chi connectivity index (χ3v) is 3.24. The van der Waals surface area contributed by atoms with Crippen molar-refractivity contribution in [2.24, 2.45) is 0 Å². The SMILES string of the molecule is CCN(CCn1ccc(N)n1)CC1CCCO1. The molecule has 0 radical (unpaired) electrons. The summed E-state index contributed by atoms with van der Waals surface area (Å²) in [5.41, 5.74) is 5.58. The van der Waals surface area contributed by atoms with Crippen molar-refractivity contribution < 1.29 is 4.74 Å². The largest absolute Gasteiger partial charge is 0.382 e. The summed E-state index contributed by atoms with van der Waals surface area (Å²) in [4.78, 5) is 2.41. The fourth-order valence-electron chi connectivity index (χ4n) is 2.20. The van der Waals surface area contributed by atoms with E-state index in [9.17, 15) is 0 Å². The first kappa shape index (κ1) is 12.4. The van der Waals surface area contributed by atoms with E-state index >= 15 is 0 Å². The van der Waals surface area contributed by atoms with Crippen LogP contribution in [0.2, 0.25) is 0 Å². The molecule has 1 saturated heterocycles. The van der Waals surface area contributed by atoms with Crippen molar-refractivity contribution in [2.45, 2.75) is 32.4 Å². The first-order valence-electron chi connectivity index (χ1n) is 6.41. The highest BCUT2D eigenvalue weighted by molar-refractivity contribution is 5.23. The third-order valence-electron chi connectivity index (χ3n) is 3.24. The molecule has 1 unspecified atom stereocenters. The molecule has 5 nitrogen and oxygen atoms in total. The van der Waals surface area contributed by atoms with E-state index in [-0.39, 0.29) is 0 Å². The van der Waals surface area contributed by atoms with Gasteiger partial charge in [-0.2, -0.15) is 5.10 Å². The number of hydrogen-bond acceptors (Lipinski definition) is 4. The lowest BCUT2D eigenvalue weighted by Gasteiger charge is -2.23. The third kappa shape index (κ3) is 3.71. The van der Waals surface area contributed by atoms with Crippen molar-refractivity contribution in [1.29, 1.82) is 0 Å². The average Bonchev–Trinajstić information content (AvgIpc) is 2.96. The van der Waals surface area contributed by atoms with E-state index in [1.807, 2.05) is 16.9 Å². The molecule has 2 N–H and O–H groups in total. The lowest BCUT2D eigenvalue weighted by atomic mass is 10.2. The zero-order valence-corrected chi connectivity index (χ0v) is 10.5. The van der Waals surface area contributed by atoms with Gasteiger partial charge in [0.05, 0.1) is 12.6 Å². The molecule has 0 bridgehead atoms. The second-order valence-corrected chi connectivity index (χ2v) is 4.53. The number of nitrogens with zero attached hydrogens (tertiary/aromatic N) is 3. The fourth-order valence-corrected chi connectivity index (χ4v) is 2.20. The molecule has 17 heavy (non-hydrogen) atoms. The molecule has 0 aliphatic carbocycles. The number of nitrogen functional groups attached to an aromatic ring is 1. The summed E-state index contributed by atoms with van der Waals surface area (Å²) in [5, 5.41) is 4.19. The van der Waals surface area contributed by atoms with Gasteiger partial charge in [-0.05, 0) is 25.5 Å². The van der Waals surface area contributed by atoms with Gasteiger partial charge in [-0.15, -0.1) is 0 Å². The molecule has 1 aromatic rings. The summed E-state index contributed by atoms with van der Waals surface area (Å²) in [6, 6.07) is 1.83. The maximum absolute atomic E-state index is 5.66. The molecule has 0 amide bonds. The molecule has 5 heteroatoms. The van der Waals surface area contributed by atoms with Crippen molar-refractivity contribution in [3.05, 3.63) is 12.3 Å². The van der Waals surface area contributed by atoms with Crippen molar-refractivity contribution in [3.63, 3.8) is 0 Å². The van der Waals surface area contributed by atoms with Crippen molar-refractivity contribution >= 4 is 5.82 Å². The summed E-state index contributed by atoms with van der Waals surface area (Å²) in [6.07, 6.45) is 4.76. The van der Waals surface area contributed by atoms with Gasteiger partial charge in [0.1, 0.15) is 5.82 Å². The highest BCUT2D eigenvalue weighted by atomic mass is 16.5. The van der Waals surface area contributed by atoms with E-state index in [0.29, 0.717) is 11.9 Å². The van der Waals surface area contributed by atoms with Gasteiger partial charge in [0, 0.05) is 25.9 Å². The predicted octanol–water partition coefficient (Wildman–Crippen LogP) is 0.966. The summed E-state index contributed by atoms with van der Waals surface area (Å²) in [7, 11) is 0. The van der Waals surface area contributed by atoms with Crippen LogP contribution in [0.5, 0.6) is 0 Å². The number of ether oxygens (including phenoxy) is 1. The smallest absolute Gasteiger partial charge is 0.145 e. The molecule has 1 aliphatic rings. The number of aromatic nitrogens is 2. The monoisotopic (exact) mass is 238 g/mol. The highest BCUT2D eigenvalue weighted by Gasteiger charge is 2.18. The van der Waals surface area contributed by atoms with Crippen LogP contribution < -0.4 is 5.73 Å². The van der Waals surface area contributed by atoms with Gasteiger partial charge >= 0.3 is 0 Å². The maximum Gasteiger partial charge on any atom is 0.145 e. The summed E-state index contributed by atoms with van der Waals surface area (Å²) < 4.78 is 7.55. The molecule has 0 spiro atoms. The Morgan fingerprint density at radius 2 is 2.53 bits per heavy atom. The Morgan fingerprint density at radius 1 is 1.65 bits per heavy atom. The number of anilines is 1. The number of rotatable bonds is 6. The van der Waals surface area contributed by atoms with E-state index in [1.54, 1.807) is 0 Å². The number of likely N-dealkylation sites (N-methyl/N-ethyl adjacent to an activating group) is 1. The second-order valence-electron chi connectivity index (χ2n) is 4.53. The molecular formula is C12H22N4O. The van der Waals surface area contributed by atoms with Crippen LogP contribution in [0.1, 0.15) is 19.8 Å². The Labute approximate surface area is 103 Å². The van der Waals surface area contributed by atoms with Crippen LogP contribution in [-0.4, -0.2) is 47.0 Å². The Hall–Kier alpha value is -1.07. The summed E-state index contributed by atoms with van der Waals surface area (Å²) in [5.74, 6) is 0.590. The first-order chi connectivity index (χ1) is 8.28. The Balaban J connectivity index is 1.74. The zero-order chi connectivity index (χ0) is 12.1. The minimum atomic E-state index is 0.428. The lowest BCUT2D eigenvalue weighted by molar-refractivity contribution is 0.0734. The molecule has 0 aromatic carbocycles. The number of nitrogens with two attached hydrogens (primary N) is 1. The molecule has 96 valence electrons. The summed E-state index contributed by atoms with van der Waals surface area (Å²) in [6.45, 7) is 7.09. The van der Waals surface area contributed by atoms with Crippen molar-refractivity contribution in [1.82, 2.24) is 14.7 Å². The second kappa shape index (κ2) is 6.02. The van der Waals surface area contributed by atoms with Gasteiger partial charge in [-0.1, -0.05) is 6.92 Å². The quantitative estimate of drug-likeness (QED) is 0.802. The molecular weight excluding hydrogens is 216 g/mol. The van der Waals surface area contributed by atoms with E-state index in [4.69, 9.17) is 10.5 Å². The van der Waals surface area contributed by atoms with Crippen LogP contribution in [0.25, 0.3) is 0 Å². The standard InChI is InChI=1S/C12H22N4O/c1-2-15(10-11-4-3-9-17-11)7-8-16-6-5-12(13)14-16/h5-6,11H,2-4,7-10H2,1H3,(H2,13,14). The summed E-state index contributed by atoms with van der Waals surface area (Å²) >= 11 is 0. The Kier molecular flexibility index (Phi) is 4.39. The van der Waals surface area contributed by atoms with Gasteiger partial charge < -0.3 is 10.5 Å². The van der Waals surface area contributed by atoms with Gasteiger partial charge in [0.2, 0.25) is 0 Å². The van der Waals surface area contributed by atoms with Crippen molar-refractivity contribution in [3.8, 4) is 0 Å². The van der Waals surface area contributed by atoms with Crippen LogP contribution in [0, 0.1) is 0 Å². The average molecular weight is 238 g/mol.